The minimum Gasteiger partial charge on any atom is -0.356 e. The molecule has 0 atom stereocenters. The largest absolute Gasteiger partial charge is 0.356 e. The molecule has 0 aliphatic carbocycles. The smallest absolute Gasteiger partial charge is 0.238 e. The molecule has 4 N–H and O–H groups in total. The summed E-state index contributed by atoms with van der Waals surface area (Å²) in [5.74, 6) is 0.723. The minimum atomic E-state index is -3.65. The van der Waals surface area contributed by atoms with E-state index >= 15 is 0 Å². The number of aliphatic imine (C=N–C) groups is 1. The van der Waals surface area contributed by atoms with Crippen molar-refractivity contribution in [2.75, 3.05) is 20.1 Å². The minimum absolute atomic E-state index is 0. The third kappa shape index (κ3) is 9.72. The number of rotatable bonds is 9. The molecule has 1 rings (SSSR count). The van der Waals surface area contributed by atoms with Gasteiger partial charge in [0.05, 0.1) is 4.90 Å². The monoisotopic (exact) mass is 511 g/mol. The number of primary sulfonamides is 1. The van der Waals surface area contributed by atoms with Crippen LogP contribution in [0.2, 0.25) is 0 Å². The molecule has 9 heteroatoms. The Hall–Kier alpha value is -0.910. The molecule has 27 heavy (non-hydrogen) atoms. The molecule has 0 bridgehead atoms. The number of nitrogens with one attached hydrogen (secondary N) is 2. The maximum absolute atomic E-state index is 11.3. The number of nitrogens with two attached hydrogens (primary N) is 1. The third-order valence-electron chi connectivity index (χ3n) is 4.15. The fourth-order valence-corrected chi connectivity index (χ4v) is 3.30. The number of guanidine groups is 1. The molecule has 0 saturated carbocycles. The average molecular weight is 511 g/mol. The highest BCUT2D eigenvalue weighted by Crippen LogP contribution is 2.08. The lowest BCUT2D eigenvalue weighted by Gasteiger charge is -2.30. The molecule has 1 aromatic carbocycles. The molecule has 0 aliphatic heterocycles. The van der Waals surface area contributed by atoms with Gasteiger partial charge in [-0.15, -0.1) is 24.0 Å². The van der Waals surface area contributed by atoms with Gasteiger partial charge in [0.2, 0.25) is 10.0 Å². The quantitative estimate of drug-likeness (QED) is 0.204. The van der Waals surface area contributed by atoms with Crippen molar-refractivity contribution in [2.45, 2.75) is 57.6 Å². The van der Waals surface area contributed by atoms with Gasteiger partial charge in [0, 0.05) is 38.8 Å². The van der Waals surface area contributed by atoms with Crippen LogP contribution in [0.1, 0.15) is 39.7 Å². The van der Waals surface area contributed by atoms with E-state index in [1.54, 1.807) is 19.2 Å². The van der Waals surface area contributed by atoms with E-state index in [2.05, 4.69) is 48.2 Å². The summed E-state index contributed by atoms with van der Waals surface area (Å²) in [7, 11) is -1.92. The van der Waals surface area contributed by atoms with Crippen molar-refractivity contribution >= 4 is 40.0 Å². The summed E-state index contributed by atoms with van der Waals surface area (Å²) in [5, 5.41) is 11.6. The summed E-state index contributed by atoms with van der Waals surface area (Å²) < 4.78 is 22.5. The summed E-state index contributed by atoms with van der Waals surface area (Å²) in [5.41, 5.74) is 0.950. The van der Waals surface area contributed by atoms with E-state index in [0.29, 0.717) is 18.6 Å². The fourth-order valence-electron chi connectivity index (χ4n) is 2.78. The molecule has 156 valence electrons. The number of sulfonamides is 1. The Morgan fingerprint density at radius 3 is 2.11 bits per heavy atom. The molecule has 0 radical (unpaired) electrons. The summed E-state index contributed by atoms with van der Waals surface area (Å²) in [6.07, 6.45) is 1.03. The third-order valence-corrected chi connectivity index (χ3v) is 5.08. The van der Waals surface area contributed by atoms with Crippen molar-refractivity contribution in [1.29, 1.82) is 0 Å². The Balaban J connectivity index is 0.00000676. The Labute approximate surface area is 181 Å². The average Bonchev–Trinajstić information content (AvgIpc) is 2.56. The van der Waals surface area contributed by atoms with Gasteiger partial charge in [0.1, 0.15) is 0 Å². The number of halogens is 1. The van der Waals surface area contributed by atoms with E-state index < -0.39 is 10.0 Å². The van der Waals surface area contributed by atoms with Crippen molar-refractivity contribution in [2.24, 2.45) is 10.1 Å². The van der Waals surface area contributed by atoms with Crippen molar-refractivity contribution < 1.29 is 8.42 Å². The maximum Gasteiger partial charge on any atom is 0.238 e. The van der Waals surface area contributed by atoms with Gasteiger partial charge in [-0.05, 0) is 51.8 Å². The van der Waals surface area contributed by atoms with E-state index in [4.69, 9.17) is 5.14 Å². The molecule has 0 spiro atoms. The number of benzene rings is 1. The summed E-state index contributed by atoms with van der Waals surface area (Å²) in [4.78, 5) is 6.79. The van der Waals surface area contributed by atoms with Crippen LogP contribution in [0, 0.1) is 0 Å². The van der Waals surface area contributed by atoms with Gasteiger partial charge in [0.25, 0.3) is 0 Å². The van der Waals surface area contributed by atoms with E-state index in [1.807, 2.05) is 0 Å². The van der Waals surface area contributed by atoms with Crippen LogP contribution in [0.25, 0.3) is 0 Å². The number of hydrogen-bond acceptors (Lipinski definition) is 4. The maximum atomic E-state index is 11.3. The molecule has 0 fully saturated rings. The van der Waals surface area contributed by atoms with Gasteiger partial charge in [-0.1, -0.05) is 12.1 Å². The molecule has 0 amide bonds. The normalized spacial score (nSPS) is 12.4. The Morgan fingerprint density at radius 1 is 1.11 bits per heavy atom. The van der Waals surface area contributed by atoms with E-state index in [-0.39, 0.29) is 28.9 Å². The van der Waals surface area contributed by atoms with E-state index in [1.165, 1.54) is 12.1 Å². The standard InChI is InChI=1S/C18H33N5O2S.HI/c1-14(2)23(15(3)4)12-6-11-21-18(20-5)22-13-16-7-9-17(10-8-16)26(19,24)25;/h7-10,14-15H,6,11-13H2,1-5H3,(H2,19,24,25)(H2,20,21,22);1H. The molecular weight excluding hydrogens is 477 g/mol. The van der Waals surface area contributed by atoms with E-state index in [9.17, 15) is 8.42 Å². The molecule has 0 aromatic heterocycles. The van der Waals surface area contributed by atoms with Crippen molar-refractivity contribution in [3.8, 4) is 0 Å². The van der Waals surface area contributed by atoms with Gasteiger partial charge in [-0.3, -0.25) is 9.89 Å². The number of nitrogens with zero attached hydrogens (tertiary/aromatic N) is 2. The first-order valence-corrected chi connectivity index (χ1v) is 10.5. The predicted molar refractivity (Wildman–Crippen MR) is 123 cm³/mol. The first-order valence-electron chi connectivity index (χ1n) is 8.97. The zero-order valence-electron chi connectivity index (χ0n) is 16.9. The lowest BCUT2D eigenvalue weighted by Crippen LogP contribution is -2.41. The Bertz CT molecular complexity index is 667. The van der Waals surface area contributed by atoms with Crippen LogP contribution in [0.3, 0.4) is 0 Å². The van der Waals surface area contributed by atoms with E-state index in [0.717, 1.165) is 31.0 Å². The lowest BCUT2D eigenvalue weighted by atomic mass is 10.2. The first kappa shape index (κ1) is 26.1. The highest BCUT2D eigenvalue weighted by molar-refractivity contribution is 14.0. The van der Waals surface area contributed by atoms with Gasteiger partial charge in [-0.25, -0.2) is 13.6 Å². The van der Waals surface area contributed by atoms with Gasteiger partial charge < -0.3 is 10.6 Å². The summed E-state index contributed by atoms with van der Waals surface area (Å²) in [6, 6.07) is 7.57. The summed E-state index contributed by atoms with van der Waals surface area (Å²) in [6.45, 7) is 11.3. The van der Waals surface area contributed by atoms with Crippen LogP contribution in [0.4, 0.5) is 0 Å². The summed E-state index contributed by atoms with van der Waals surface area (Å²) >= 11 is 0. The molecule has 1 aromatic rings. The van der Waals surface area contributed by atoms with Crippen molar-refractivity contribution in [3.63, 3.8) is 0 Å². The van der Waals surface area contributed by atoms with Gasteiger partial charge in [-0.2, -0.15) is 0 Å². The topological polar surface area (TPSA) is 99.8 Å². The predicted octanol–water partition coefficient (Wildman–Crippen LogP) is 2.13. The number of hydrogen-bond donors (Lipinski definition) is 3. The first-order chi connectivity index (χ1) is 12.1. The molecule has 0 saturated heterocycles. The zero-order valence-corrected chi connectivity index (χ0v) is 20.0. The Kier molecular flexibility index (Phi) is 12.1. The van der Waals surface area contributed by atoms with Crippen LogP contribution in [-0.2, 0) is 16.6 Å². The van der Waals surface area contributed by atoms with Crippen LogP contribution >= 0.6 is 24.0 Å². The highest BCUT2D eigenvalue weighted by Gasteiger charge is 2.12. The molecule has 0 aliphatic rings. The van der Waals surface area contributed by atoms with Crippen LogP contribution in [0.5, 0.6) is 0 Å². The highest BCUT2D eigenvalue weighted by atomic mass is 127. The lowest BCUT2D eigenvalue weighted by molar-refractivity contribution is 0.173. The van der Waals surface area contributed by atoms with Crippen LogP contribution in [-0.4, -0.2) is 51.5 Å². The fraction of sp³-hybridized carbons (Fsp3) is 0.611. The van der Waals surface area contributed by atoms with Crippen LogP contribution in [0.15, 0.2) is 34.2 Å². The second-order valence-corrected chi connectivity index (χ2v) is 8.38. The molecule has 0 heterocycles. The zero-order chi connectivity index (χ0) is 19.7. The SMILES string of the molecule is CN=C(NCCCN(C(C)C)C(C)C)NCc1ccc(S(N)(=O)=O)cc1.I. The van der Waals surface area contributed by atoms with Gasteiger partial charge >= 0.3 is 0 Å². The second kappa shape index (κ2) is 12.5. The molecular formula is C18H34IN5O2S. The second-order valence-electron chi connectivity index (χ2n) is 6.82. The molecule has 0 unspecified atom stereocenters. The van der Waals surface area contributed by atoms with Gasteiger partial charge in [0.15, 0.2) is 5.96 Å². The van der Waals surface area contributed by atoms with Crippen LogP contribution < -0.4 is 15.8 Å². The van der Waals surface area contributed by atoms with Crippen molar-refractivity contribution in [3.05, 3.63) is 29.8 Å². The Morgan fingerprint density at radius 2 is 1.67 bits per heavy atom. The van der Waals surface area contributed by atoms with Crippen molar-refractivity contribution in [1.82, 2.24) is 15.5 Å². The molecule has 7 nitrogen and oxygen atoms in total.